The number of para-hydroxylation sites is 1. The monoisotopic (exact) mass is 420 g/mol. The fraction of sp³-hybridized carbons (Fsp3) is 0.667. The number of amides is 2. The molecular weight excluding hydrogens is 380 g/mol. The number of unbranched alkanes of at least 4 members (excludes halogenated alkanes) is 3. The molecule has 0 aliphatic carbocycles. The number of benzene rings is 1. The second-order valence-corrected chi connectivity index (χ2v) is 8.64. The molecule has 0 aromatic heterocycles. The predicted molar refractivity (Wildman–Crippen MR) is 121 cm³/mol. The first-order valence-electron chi connectivity index (χ1n) is 11.2. The Hall–Kier alpha value is -2.24. The standard InChI is InChI=1S/C16H23NO3.C8H17NO/c1-16(2,3)20-15(18)17-11-9-14(10-12-17)19-13-7-5-4-6-8-13;1-3-4-5-6-7-9-8(2)10/h4-8,14H,9-12H2,1-3H3;3-7H2,1-2H3,(H,9,10). The molecule has 1 aromatic rings. The summed E-state index contributed by atoms with van der Waals surface area (Å²) in [6.07, 6.45) is 6.51. The summed E-state index contributed by atoms with van der Waals surface area (Å²) in [6, 6.07) is 9.81. The fourth-order valence-electron chi connectivity index (χ4n) is 2.99. The Balaban J connectivity index is 0.000000382. The molecule has 1 saturated heterocycles. The van der Waals surface area contributed by atoms with E-state index < -0.39 is 5.60 Å². The molecule has 0 spiro atoms. The Bertz CT molecular complexity index is 605. The summed E-state index contributed by atoms with van der Waals surface area (Å²) in [6.45, 7) is 11.6. The topological polar surface area (TPSA) is 67.9 Å². The highest BCUT2D eigenvalue weighted by Gasteiger charge is 2.27. The number of carbonyl (C=O) groups is 2. The van der Waals surface area contributed by atoms with Crippen LogP contribution in [0.1, 0.15) is 73.1 Å². The van der Waals surface area contributed by atoms with Crippen molar-refractivity contribution >= 4 is 12.0 Å². The fourth-order valence-corrected chi connectivity index (χ4v) is 2.99. The van der Waals surface area contributed by atoms with E-state index in [-0.39, 0.29) is 18.1 Å². The van der Waals surface area contributed by atoms with Gasteiger partial charge >= 0.3 is 6.09 Å². The maximum atomic E-state index is 11.9. The number of hydrogen-bond donors (Lipinski definition) is 1. The quantitative estimate of drug-likeness (QED) is 0.618. The molecule has 1 heterocycles. The Morgan fingerprint density at radius 2 is 1.70 bits per heavy atom. The molecular formula is C24H40N2O4. The molecule has 1 N–H and O–H groups in total. The minimum Gasteiger partial charge on any atom is -0.490 e. The summed E-state index contributed by atoms with van der Waals surface area (Å²) in [5, 5.41) is 2.77. The van der Waals surface area contributed by atoms with Crippen molar-refractivity contribution in [3.63, 3.8) is 0 Å². The van der Waals surface area contributed by atoms with Gasteiger partial charge in [0.25, 0.3) is 0 Å². The summed E-state index contributed by atoms with van der Waals surface area (Å²) in [4.78, 5) is 24.1. The lowest BCUT2D eigenvalue weighted by Gasteiger charge is -2.33. The van der Waals surface area contributed by atoms with E-state index >= 15 is 0 Å². The van der Waals surface area contributed by atoms with Crippen LogP contribution in [0.2, 0.25) is 0 Å². The highest BCUT2D eigenvalue weighted by Crippen LogP contribution is 2.20. The lowest BCUT2D eigenvalue weighted by Crippen LogP contribution is -2.44. The minimum absolute atomic E-state index is 0.0801. The van der Waals surface area contributed by atoms with Gasteiger partial charge in [-0.25, -0.2) is 4.79 Å². The molecule has 2 rings (SSSR count). The van der Waals surface area contributed by atoms with E-state index in [2.05, 4.69) is 12.2 Å². The van der Waals surface area contributed by atoms with Crippen molar-refractivity contribution in [1.29, 1.82) is 0 Å². The van der Waals surface area contributed by atoms with Crippen LogP contribution in [0.3, 0.4) is 0 Å². The van der Waals surface area contributed by atoms with Crippen LogP contribution in [-0.4, -0.2) is 48.2 Å². The van der Waals surface area contributed by atoms with Gasteiger partial charge in [0.1, 0.15) is 17.5 Å². The third kappa shape index (κ3) is 12.3. The van der Waals surface area contributed by atoms with Gasteiger partial charge in [0.2, 0.25) is 5.91 Å². The third-order valence-electron chi connectivity index (χ3n) is 4.54. The zero-order valence-corrected chi connectivity index (χ0v) is 19.4. The smallest absolute Gasteiger partial charge is 0.410 e. The average molecular weight is 421 g/mol. The molecule has 30 heavy (non-hydrogen) atoms. The lowest BCUT2D eigenvalue weighted by molar-refractivity contribution is -0.118. The summed E-state index contributed by atoms with van der Waals surface area (Å²) in [5.74, 6) is 0.972. The van der Waals surface area contributed by atoms with Crippen molar-refractivity contribution in [2.24, 2.45) is 0 Å². The Morgan fingerprint density at radius 1 is 1.07 bits per heavy atom. The van der Waals surface area contributed by atoms with Crippen molar-refractivity contribution in [1.82, 2.24) is 10.2 Å². The summed E-state index contributed by atoms with van der Waals surface area (Å²) < 4.78 is 11.3. The number of carbonyl (C=O) groups excluding carboxylic acids is 2. The molecule has 1 fully saturated rings. The number of hydrogen-bond acceptors (Lipinski definition) is 4. The summed E-state index contributed by atoms with van der Waals surface area (Å²) >= 11 is 0. The van der Waals surface area contributed by atoms with Crippen LogP contribution in [-0.2, 0) is 9.53 Å². The van der Waals surface area contributed by atoms with Gasteiger partial charge in [-0.15, -0.1) is 0 Å². The van der Waals surface area contributed by atoms with Crippen LogP contribution < -0.4 is 10.1 Å². The molecule has 0 saturated carbocycles. The van der Waals surface area contributed by atoms with Crippen molar-refractivity contribution < 1.29 is 19.1 Å². The van der Waals surface area contributed by atoms with E-state index in [0.717, 1.165) is 31.6 Å². The molecule has 1 aliphatic heterocycles. The van der Waals surface area contributed by atoms with Crippen LogP contribution in [0, 0.1) is 0 Å². The van der Waals surface area contributed by atoms with Gasteiger partial charge in [-0.05, 0) is 39.3 Å². The first-order valence-corrected chi connectivity index (χ1v) is 11.2. The molecule has 170 valence electrons. The maximum Gasteiger partial charge on any atom is 0.410 e. The van der Waals surface area contributed by atoms with Crippen LogP contribution in [0.4, 0.5) is 4.79 Å². The van der Waals surface area contributed by atoms with E-state index in [4.69, 9.17) is 9.47 Å². The second-order valence-electron chi connectivity index (χ2n) is 8.64. The SMILES string of the molecule is CC(C)(C)OC(=O)N1CCC(Oc2ccccc2)CC1.CCCCCCNC(C)=O. The Labute approximate surface area is 182 Å². The number of rotatable bonds is 7. The van der Waals surface area contributed by atoms with Crippen LogP contribution >= 0.6 is 0 Å². The van der Waals surface area contributed by atoms with E-state index in [9.17, 15) is 9.59 Å². The van der Waals surface area contributed by atoms with Crippen LogP contribution in [0.5, 0.6) is 5.75 Å². The van der Waals surface area contributed by atoms with Crippen LogP contribution in [0.25, 0.3) is 0 Å². The van der Waals surface area contributed by atoms with Gasteiger partial charge in [-0.1, -0.05) is 44.4 Å². The first kappa shape index (κ1) is 25.8. The van der Waals surface area contributed by atoms with Gasteiger partial charge in [0, 0.05) is 39.4 Å². The average Bonchev–Trinajstić information content (AvgIpc) is 2.68. The third-order valence-corrected chi connectivity index (χ3v) is 4.54. The maximum absolute atomic E-state index is 11.9. The Morgan fingerprint density at radius 3 is 2.23 bits per heavy atom. The van der Waals surface area contributed by atoms with Gasteiger partial charge in [-0.3, -0.25) is 4.79 Å². The zero-order valence-electron chi connectivity index (χ0n) is 19.4. The van der Waals surface area contributed by atoms with E-state index in [1.165, 1.54) is 19.3 Å². The highest BCUT2D eigenvalue weighted by molar-refractivity contribution is 5.72. The summed E-state index contributed by atoms with van der Waals surface area (Å²) in [5.41, 5.74) is -0.436. The molecule has 0 bridgehead atoms. The molecule has 0 radical (unpaired) electrons. The number of nitrogens with zero attached hydrogens (tertiary/aromatic N) is 1. The van der Waals surface area contributed by atoms with Crippen molar-refractivity contribution in [3.8, 4) is 5.75 Å². The first-order chi connectivity index (χ1) is 14.2. The molecule has 1 aromatic carbocycles. The number of piperidine rings is 1. The van der Waals surface area contributed by atoms with Crippen LogP contribution in [0.15, 0.2) is 30.3 Å². The van der Waals surface area contributed by atoms with Crippen molar-refractivity contribution in [3.05, 3.63) is 30.3 Å². The van der Waals surface area contributed by atoms with Gasteiger partial charge < -0.3 is 19.7 Å². The molecule has 6 nitrogen and oxygen atoms in total. The van der Waals surface area contributed by atoms with Gasteiger partial charge in [0.15, 0.2) is 0 Å². The zero-order chi connectivity index (χ0) is 22.4. The molecule has 6 heteroatoms. The number of likely N-dealkylation sites (tertiary alicyclic amines) is 1. The number of ether oxygens (including phenoxy) is 2. The summed E-state index contributed by atoms with van der Waals surface area (Å²) in [7, 11) is 0. The normalized spacial score (nSPS) is 14.4. The van der Waals surface area contributed by atoms with E-state index in [1.807, 2.05) is 51.1 Å². The molecule has 0 atom stereocenters. The van der Waals surface area contributed by atoms with Crippen molar-refractivity contribution in [2.75, 3.05) is 19.6 Å². The Kier molecular flexibility index (Phi) is 11.9. The highest BCUT2D eigenvalue weighted by atomic mass is 16.6. The minimum atomic E-state index is -0.436. The number of nitrogens with one attached hydrogen (secondary N) is 1. The predicted octanol–water partition coefficient (Wildman–Crippen LogP) is 5.17. The van der Waals surface area contributed by atoms with E-state index in [1.54, 1.807) is 11.8 Å². The van der Waals surface area contributed by atoms with Gasteiger partial charge in [-0.2, -0.15) is 0 Å². The lowest BCUT2D eigenvalue weighted by atomic mass is 10.1. The van der Waals surface area contributed by atoms with E-state index in [0.29, 0.717) is 13.1 Å². The largest absolute Gasteiger partial charge is 0.490 e. The van der Waals surface area contributed by atoms with Crippen molar-refractivity contribution in [2.45, 2.75) is 84.8 Å². The molecule has 0 unspecified atom stereocenters. The van der Waals surface area contributed by atoms with Gasteiger partial charge in [0.05, 0.1) is 0 Å². The second kappa shape index (κ2) is 13.9. The molecule has 1 aliphatic rings. The molecule has 2 amide bonds.